The summed E-state index contributed by atoms with van der Waals surface area (Å²) in [7, 11) is -3.32. The van der Waals surface area contributed by atoms with E-state index in [2.05, 4.69) is 94.4 Å². The van der Waals surface area contributed by atoms with E-state index in [0.29, 0.717) is 54.8 Å². The molecule has 0 aliphatic carbocycles. The molecule has 0 saturated carbocycles. The van der Waals surface area contributed by atoms with Crippen LogP contribution in [0.15, 0.2) is 84.0 Å². The zero-order valence-corrected chi connectivity index (χ0v) is 54.4. The highest BCUT2D eigenvalue weighted by molar-refractivity contribution is 7.62. The van der Waals surface area contributed by atoms with Crippen molar-refractivity contribution in [1.82, 2.24) is 4.90 Å². The van der Waals surface area contributed by atoms with Crippen LogP contribution in [0.25, 0.3) is 0 Å². The second-order valence-electron chi connectivity index (χ2n) is 24.4. The summed E-state index contributed by atoms with van der Waals surface area (Å²) in [5.41, 5.74) is 11.0. The Bertz CT molecular complexity index is 2840. The number of methoxy groups -OCH3 is 2. The summed E-state index contributed by atoms with van der Waals surface area (Å²) in [5.74, 6) is 2.16. The van der Waals surface area contributed by atoms with Crippen molar-refractivity contribution in [3.05, 3.63) is 140 Å². The summed E-state index contributed by atoms with van der Waals surface area (Å²) in [5, 5.41) is 0. The standard InChI is InChI=1S/C31H46NO5PSi.C25H41O5PSi.C7H6O/c1-23(20-32(16-18-38(4,5)34)21-25-12-10-9-11-13-25)14-15-26-29(35-3)24(2)27-22-37-31(33)28(27)30(26)36-17-19-39(6,7)8;1-18(11-9-10-15-31(4,5)27)12-13-20-23(28-3)19(2)21-17-30-25(26)22(21)24(20)29-14-16-32(6,7)8;8-6-7-4-2-1-3-5-7/h9-14H,15-22H2,1-8H3;12H,9-11,13-17H2,1-8H3;1-6H/b23-14+;18-12+;. The molecule has 0 atom stereocenters. The summed E-state index contributed by atoms with van der Waals surface area (Å²) < 4.78 is 59.5. The van der Waals surface area contributed by atoms with Crippen molar-refractivity contribution in [2.24, 2.45) is 0 Å². The first-order valence-electron chi connectivity index (χ1n) is 27.8. The molecule has 4 aromatic rings. The minimum Gasteiger partial charge on any atom is -0.496 e. The monoisotopic (exact) mass is 1160 g/mol. The Hall–Kier alpha value is -4.98. The number of allylic oxidation sites excluding steroid dienone is 3. The highest BCUT2D eigenvalue weighted by Gasteiger charge is 2.35. The highest BCUT2D eigenvalue weighted by atomic mass is 31.2. The van der Waals surface area contributed by atoms with E-state index in [1.807, 2.05) is 64.8 Å². The number of carbonyl (C=O) groups is 3. The summed E-state index contributed by atoms with van der Waals surface area (Å²) in [6.45, 7) is 33.5. The molecule has 4 aromatic carbocycles. The maximum atomic E-state index is 12.8. The average molecular weight is 1160 g/mol. The third-order valence-corrected chi connectivity index (χ3v) is 20.0. The number of unbranched alkanes of at least 4 members (excludes halogenated alkanes) is 1. The van der Waals surface area contributed by atoms with Crippen LogP contribution in [0.5, 0.6) is 23.0 Å². The molecule has 0 aromatic heterocycles. The number of esters is 2. The van der Waals surface area contributed by atoms with Crippen molar-refractivity contribution >= 4 is 48.7 Å². The molecule has 0 radical (unpaired) electrons. The second-order valence-corrected chi connectivity index (χ2v) is 42.8. The van der Waals surface area contributed by atoms with Crippen LogP contribution in [0.4, 0.5) is 0 Å². The first-order valence-corrected chi connectivity index (χ1v) is 40.7. The maximum absolute atomic E-state index is 12.8. The van der Waals surface area contributed by atoms with Crippen molar-refractivity contribution in [2.75, 3.05) is 79.5 Å². The van der Waals surface area contributed by atoms with Gasteiger partial charge in [-0.2, -0.15) is 0 Å². The molecule has 12 nitrogen and oxygen atoms in total. The lowest BCUT2D eigenvalue weighted by atomic mass is 9.94. The average Bonchev–Trinajstić information content (AvgIpc) is 3.99. The molecule has 0 bridgehead atoms. The van der Waals surface area contributed by atoms with E-state index in [0.717, 1.165) is 114 Å². The number of benzene rings is 4. The third-order valence-electron chi connectivity index (χ3n) is 13.9. The lowest BCUT2D eigenvalue weighted by Crippen LogP contribution is -2.28. The predicted molar refractivity (Wildman–Crippen MR) is 332 cm³/mol. The van der Waals surface area contributed by atoms with Gasteiger partial charge in [0.15, 0.2) is 0 Å². The van der Waals surface area contributed by atoms with Crippen LogP contribution < -0.4 is 18.9 Å². The van der Waals surface area contributed by atoms with Gasteiger partial charge in [0.1, 0.15) is 53.6 Å². The first-order chi connectivity index (χ1) is 37.1. The Morgan fingerprint density at radius 2 is 1.08 bits per heavy atom. The van der Waals surface area contributed by atoms with Gasteiger partial charge in [0.05, 0.1) is 41.7 Å². The highest BCUT2D eigenvalue weighted by Crippen LogP contribution is 2.45. The van der Waals surface area contributed by atoms with Crippen LogP contribution in [0.2, 0.25) is 51.4 Å². The molecular weight excluding hydrogens is 1060 g/mol. The number of hydrogen-bond donors (Lipinski definition) is 0. The Labute approximate surface area is 476 Å². The molecule has 0 amide bonds. The molecule has 2 heterocycles. The fraction of sp³-hybridized carbons (Fsp3) is 0.508. The van der Waals surface area contributed by atoms with E-state index >= 15 is 0 Å². The van der Waals surface area contributed by atoms with Crippen LogP contribution in [0, 0.1) is 13.8 Å². The van der Waals surface area contributed by atoms with Crippen molar-refractivity contribution in [3.63, 3.8) is 0 Å². The Balaban J connectivity index is 0.000000302. The van der Waals surface area contributed by atoms with Crippen LogP contribution >= 0.6 is 14.3 Å². The molecule has 2 aliphatic heterocycles. The van der Waals surface area contributed by atoms with Gasteiger partial charge in [-0.3, -0.25) is 9.69 Å². The number of cyclic esters (lactones) is 2. The summed E-state index contributed by atoms with van der Waals surface area (Å²) in [6, 6.07) is 21.5. The van der Waals surface area contributed by atoms with Crippen LogP contribution in [0.1, 0.15) is 103 Å². The predicted octanol–water partition coefficient (Wildman–Crippen LogP) is 15.2. The van der Waals surface area contributed by atoms with Gasteiger partial charge in [0.2, 0.25) is 0 Å². The summed E-state index contributed by atoms with van der Waals surface area (Å²) in [6.07, 6.45) is 10.9. The van der Waals surface area contributed by atoms with E-state index < -0.39 is 30.4 Å². The molecule has 0 unspecified atom stereocenters. The van der Waals surface area contributed by atoms with Gasteiger partial charge < -0.3 is 37.6 Å². The van der Waals surface area contributed by atoms with Gasteiger partial charge in [0, 0.05) is 75.9 Å². The number of ether oxygens (including phenoxy) is 6. The van der Waals surface area contributed by atoms with Crippen molar-refractivity contribution in [2.45, 2.75) is 131 Å². The molecule has 79 heavy (non-hydrogen) atoms. The molecule has 0 N–H and O–H groups in total. The molecule has 2 aliphatic rings. The largest absolute Gasteiger partial charge is 0.496 e. The zero-order chi connectivity index (χ0) is 58.7. The summed E-state index contributed by atoms with van der Waals surface area (Å²) in [4.78, 5) is 37.7. The molecular formula is C63H93NO11P2Si2. The van der Waals surface area contributed by atoms with E-state index in [1.165, 1.54) is 16.7 Å². The molecule has 6 rings (SSSR count). The third kappa shape index (κ3) is 22.1. The maximum Gasteiger partial charge on any atom is 0.342 e. The van der Waals surface area contributed by atoms with E-state index in [1.54, 1.807) is 26.4 Å². The van der Waals surface area contributed by atoms with Crippen LogP contribution in [-0.4, -0.2) is 119 Å². The lowest BCUT2D eigenvalue weighted by molar-refractivity contribution is 0.0522. The molecule has 0 spiro atoms. The van der Waals surface area contributed by atoms with Crippen molar-refractivity contribution in [1.29, 1.82) is 0 Å². The number of hydrogen-bond acceptors (Lipinski definition) is 12. The molecule has 434 valence electrons. The van der Waals surface area contributed by atoms with Crippen molar-refractivity contribution in [3.8, 4) is 23.0 Å². The fourth-order valence-electron chi connectivity index (χ4n) is 9.19. The SMILES string of the molecule is COc1c(C)c2c(c(OCC[Si](C)(C)C)c1C/C=C(\C)CCCCP(C)(C)=O)C(=O)OC2.COc1c(C)c2c(c(OCC[Si](C)(C)C)c1C/C=C(\C)CN(CCP(C)(C)=O)Cc1ccccc1)C(=O)OC2.O=Cc1ccccc1. The van der Waals surface area contributed by atoms with Gasteiger partial charge in [-0.15, -0.1) is 0 Å². The normalized spacial score (nSPS) is 13.6. The Kier molecular flexibility index (Phi) is 25.9. The second kappa shape index (κ2) is 30.7. The number of fused-ring (bicyclic) bond motifs is 2. The Morgan fingerprint density at radius 3 is 1.48 bits per heavy atom. The van der Waals surface area contributed by atoms with Crippen LogP contribution in [0.3, 0.4) is 0 Å². The van der Waals surface area contributed by atoms with E-state index in [4.69, 9.17) is 28.4 Å². The van der Waals surface area contributed by atoms with Gasteiger partial charge in [-0.1, -0.05) is 123 Å². The Morgan fingerprint density at radius 1 is 0.633 bits per heavy atom. The number of carbonyl (C=O) groups excluding carboxylic acids is 3. The number of aldehydes is 1. The van der Waals surface area contributed by atoms with Crippen molar-refractivity contribution < 1.29 is 51.9 Å². The molecule has 16 heteroatoms. The first kappa shape index (κ1) is 66.5. The summed E-state index contributed by atoms with van der Waals surface area (Å²) >= 11 is 0. The lowest BCUT2D eigenvalue weighted by Gasteiger charge is -2.24. The zero-order valence-electron chi connectivity index (χ0n) is 50.7. The van der Waals surface area contributed by atoms with Gasteiger partial charge in [-0.25, -0.2) is 9.59 Å². The molecule has 0 fully saturated rings. The van der Waals surface area contributed by atoms with Gasteiger partial charge in [-0.05, 0) is 115 Å². The van der Waals surface area contributed by atoms with Gasteiger partial charge >= 0.3 is 11.9 Å². The topological polar surface area (TPSA) is 144 Å². The van der Waals surface area contributed by atoms with E-state index in [-0.39, 0.29) is 25.2 Å². The quantitative estimate of drug-likeness (QED) is 0.0140. The van der Waals surface area contributed by atoms with E-state index in [9.17, 15) is 23.5 Å². The number of nitrogens with zero attached hydrogens (tertiary/aromatic N) is 1. The van der Waals surface area contributed by atoms with Gasteiger partial charge in [0.25, 0.3) is 0 Å². The fourth-order valence-corrected chi connectivity index (χ4v) is 12.4. The van der Waals surface area contributed by atoms with Crippen LogP contribution in [-0.2, 0) is 51.2 Å². The smallest absolute Gasteiger partial charge is 0.342 e. The number of rotatable bonds is 27. The minimum absolute atomic E-state index is 0.253. The molecule has 0 saturated heterocycles. The minimum atomic E-state index is -2.13.